The number of ether oxygens (including phenoxy) is 1. The minimum Gasteiger partial charge on any atom is -0.381 e. The number of rotatable bonds is 6. The molecule has 2 aromatic heterocycles. The summed E-state index contributed by atoms with van der Waals surface area (Å²) in [7, 11) is 0. The number of alkyl halides is 1. The molecule has 4 rings (SSSR count). The third-order valence-corrected chi connectivity index (χ3v) is 5.96. The molecule has 0 aromatic carbocycles. The Hall–Kier alpha value is -2.36. The van der Waals surface area contributed by atoms with Crippen LogP contribution < -0.4 is 16.0 Å². The van der Waals surface area contributed by atoms with Crippen LogP contribution in [0.5, 0.6) is 0 Å². The summed E-state index contributed by atoms with van der Waals surface area (Å²) < 4.78 is 20.0. The van der Waals surface area contributed by atoms with Gasteiger partial charge in [-0.2, -0.15) is 0 Å². The number of carbonyl (C=O) groups excluding carboxylic acids is 1. The Morgan fingerprint density at radius 1 is 1.29 bits per heavy atom. The number of anilines is 2. The van der Waals surface area contributed by atoms with Gasteiger partial charge in [0, 0.05) is 44.4 Å². The number of hydrogen-bond acceptors (Lipinski definition) is 7. The molecule has 0 aliphatic carbocycles. The molecule has 1 atom stereocenters. The van der Waals surface area contributed by atoms with E-state index in [1.165, 1.54) is 6.20 Å². The average molecular weight is 449 g/mol. The van der Waals surface area contributed by atoms with Gasteiger partial charge < -0.3 is 20.7 Å². The monoisotopic (exact) mass is 448 g/mol. The zero-order chi connectivity index (χ0) is 21.7. The molecular weight excluding hydrogens is 423 g/mol. The first kappa shape index (κ1) is 21.9. The Kier molecular flexibility index (Phi) is 6.94. The van der Waals surface area contributed by atoms with Gasteiger partial charge in [-0.05, 0) is 25.5 Å². The zero-order valence-corrected chi connectivity index (χ0v) is 17.9. The van der Waals surface area contributed by atoms with E-state index in [1.807, 2.05) is 0 Å². The van der Waals surface area contributed by atoms with E-state index in [0.29, 0.717) is 60.5 Å². The van der Waals surface area contributed by atoms with Crippen molar-refractivity contribution in [3.8, 4) is 11.3 Å². The Balaban J connectivity index is 1.46. The minimum atomic E-state index is -1.32. The molecule has 2 aliphatic rings. The van der Waals surface area contributed by atoms with Crippen LogP contribution in [0, 0.1) is 5.92 Å². The lowest BCUT2D eigenvalue weighted by Crippen LogP contribution is -2.38. The van der Waals surface area contributed by atoms with Crippen molar-refractivity contribution in [3.05, 3.63) is 29.7 Å². The van der Waals surface area contributed by atoms with Crippen molar-refractivity contribution in [1.82, 2.24) is 20.3 Å². The summed E-state index contributed by atoms with van der Waals surface area (Å²) in [6, 6.07) is 1.68. The molecule has 2 saturated heterocycles. The molecule has 31 heavy (non-hydrogen) atoms. The lowest BCUT2D eigenvalue weighted by atomic mass is 9.96. The maximum atomic E-state index is 14.8. The standard InChI is InChI=1S/C21H26ClFN6O2/c22-16-10-26-18(29-20(30)14-2-1-5-24-9-14)8-15(16)17-11-25-12-19(28-17)27-13-21(23)3-6-31-7-4-21/h8,10-12,14,24H,1-7,9,13H2,(H,27,28)(H,26,29,30). The summed E-state index contributed by atoms with van der Waals surface area (Å²) in [6.07, 6.45) is 7.11. The summed E-state index contributed by atoms with van der Waals surface area (Å²) in [6.45, 7) is 2.57. The zero-order valence-electron chi connectivity index (χ0n) is 17.2. The second kappa shape index (κ2) is 9.84. The number of piperidine rings is 1. The van der Waals surface area contributed by atoms with Crippen molar-refractivity contribution in [2.45, 2.75) is 31.4 Å². The number of aromatic nitrogens is 3. The number of amides is 1. The minimum absolute atomic E-state index is 0.0702. The predicted molar refractivity (Wildman–Crippen MR) is 117 cm³/mol. The van der Waals surface area contributed by atoms with Gasteiger partial charge in [0.05, 0.1) is 35.6 Å². The number of nitrogens with one attached hydrogen (secondary N) is 3. The van der Waals surface area contributed by atoms with Crippen LogP contribution in [0.2, 0.25) is 5.02 Å². The van der Waals surface area contributed by atoms with Crippen molar-refractivity contribution in [2.75, 3.05) is 43.5 Å². The van der Waals surface area contributed by atoms with Gasteiger partial charge in [0.25, 0.3) is 0 Å². The van der Waals surface area contributed by atoms with E-state index in [1.54, 1.807) is 18.5 Å². The normalized spacial score (nSPS) is 20.8. The van der Waals surface area contributed by atoms with Crippen molar-refractivity contribution in [2.24, 2.45) is 5.92 Å². The molecule has 0 bridgehead atoms. The van der Waals surface area contributed by atoms with E-state index in [0.717, 1.165) is 19.4 Å². The molecule has 166 valence electrons. The summed E-state index contributed by atoms with van der Waals surface area (Å²) in [4.78, 5) is 25.5. The third kappa shape index (κ3) is 5.66. The number of pyridine rings is 1. The summed E-state index contributed by atoms with van der Waals surface area (Å²) >= 11 is 6.34. The van der Waals surface area contributed by atoms with Gasteiger partial charge in [-0.1, -0.05) is 11.6 Å². The van der Waals surface area contributed by atoms with Gasteiger partial charge in [-0.25, -0.2) is 14.4 Å². The second-order valence-corrected chi connectivity index (χ2v) is 8.40. The van der Waals surface area contributed by atoms with Crippen LogP contribution in [0.1, 0.15) is 25.7 Å². The van der Waals surface area contributed by atoms with E-state index in [-0.39, 0.29) is 18.4 Å². The number of nitrogens with zero attached hydrogens (tertiary/aromatic N) is 3. The SMILES string of the molecule is O=C(Nc1cc(-c2cncc(NCC3(F)CCOCC3)n2)c(Cl)cn1)C1CCCNC1. The molecule has 2 aromatic rings. The number of halogens is 2. The van der Waals surface area contributed by atoms with Gasteiger partial charge in [0.2, 0.25) is 5.91 Å². The fourth-order valence-electron chi connectivity index (χ4n) is 3.75. The Labute approximate surface area is 185 Å². The van der Waals surface area contributed by atoms with Gasteiger partial charge in [-0.15, -0.1) is 0 Å². The number of hydrogen-bond donors (Lipinski definition) is 3. The van der Waals surface area contributed by atoms with Gasteiger partial charge in [-0.3, -0.25) is 9.78 Å². The molecule has 0 radical (unpaired) electrons. The Morgan fingerprint density at radius 2 is 2.13 bits per heavy atom. The third-order valence-electron chi connectivity index (χ3n) is 5.66. The van der Waals surface area contributed by atoms with Crippen LogP contribution in [0.3, 0.4) is 0 Å². The highest BCUT2D eigenvalue weighted by Gasteiger charge is 2.32. The van der Waals surface area contributed by atoms with Crippen molar-refractivity contribution < 1.29 is 13.9 Å². The molecule has 0 saturated carbocycles. The van der Waals surface area contributed by atoms with Crippen LogP contribution in [-0.4, -0.2) is 59.4 Å². The molecule has 3 N–H and O–H groups in total. The first-order valence-electron chi connectivity index (χ1n) is 10.5. The highest BCUT2D eigenvalue weighted by atomic mass is 35.5. The van der Waals surface area contributed by atoms with Crippen LogP contribution in [-0.2, 0) is 9.53 Å². The average Bonchev–Trinajstić information content (AvgIpc) is 2.80. The molecule has 0 spiro atoms. The Morgan fingerprint density at radius 3 is 2.90 bits per heavy atom. The highest BCUT2D eigenvalue weighted by Crippen LogP contribution is 2.29. The quantitative estimate of drug-likeness (QED) is 0.624. The molecule has 2 aliphatic heterocycles. The van der Waals surface area contributed by atoms with E-state index in [4.69, 9.17) is 16.3 Å². The fourth-order valence-corrected chi connectivity index (χ4v) is 3.95. The lowest BCUT2D eigenvalue weighted by molar-refractivity contribution is -0.120. The first-order valence-corrected chi connectivity index (χ1v) is 10.9. The summed E-state index contributed by atoms with van der Waals surface area (Å²) in [5, 5.41) is 9.51. The molecular formula is C21H26ClFN6O2. The number of carbonyl (C=O) groups is 1. The molecule has 10 heteroatoms. The first-order chi connectivity index (χ1) is 15.0. The van der Waals surface area contributed by atoms with E-state index >= 15 is 0 Å². The molecule has 1 unspecified atom stereocenters. The molecule has 1 amide bonds. The van der Waals surface area contributed by atoms with Crippen LogP contribution >= 0.6 is 11.6 Å². The van der Waals surface area contributed by atoms with Gasteiger partial charge >= 0.3 is 0 Å². The Bertz CT molecular complexity index is 918. The van der Waals surface area contributed by atoms with Crippen molar-refractivity contribution in [1.29, 1.82) is 0 Å². The van der Waals surface area contributed by atoms with E-state index in [2.05, 4.69) is 30.9 Å². The van der Waals surface area contributed by atoms with E-state index in [9.17, 15) is 9.18 Å². The van der Waals surface area contributed by atoms with Gasteiger partial charge in [0.1, 0.15) is 17.3 Å². The van der Waals surface area contributed by atoms with Crippen LogP contribution in [0.15, 0.2) is 24.7 Å². The molecule has 8 nitrogen and oxygen atoms in total. The van der Waals surface area contributed by atoms with Gasteiger partial charge in [0.15, 0.2) is 0 Å². The van der Waals surface area contributed by atoms with E-state index < -0.39 is 5.67 Å². The topological polar surface area (TPSA) is 101 Å². The largest absolute Gasteiger partial charge is 0.381 e. The predicted octanol–water partition coefficient (Wildman–Crippen LogP) is 3.06. The van der Waals surface area contributed by atoms with Crippen LogP contribution in [0.4, 0.5) is 16.0 Å². The van der Waals surface area contributed by atoms with Crippen molar-refractivity contribution >= 4 is 29.1 Å². The smallest absolute Gasteiger partial charge is 0.229 e. The maximum Gasteiger partial charge on any atom is 0.229 e. The molecule has 4 heterocycles. The second-order valence-electron chi connectivity index (χ2n) is 7.99. The van der Waals surface area contributed by atoms with Crippen molar-refractivity contribution in [3.63, 3.8) is 0 Å². The maximum absolute atomic E-state index is 14.8. The highest BCUT2D eigenvalue weighted by molar-refractivity contribution is 6.33. The summed E-state index contributed by atoms with van der Waals surface area (Å²) in [5.74, 6) is 0.701. The van der Waals surface area contributed by atoms with Crippen LogP contribution in [0.25, 0.3) is 11.3 Å². The fraction of sp³-hybridized carbons (Fsp3) is 0.524. The summed E-state index contributed by atoms with van der Waals surface area (Å²) in [5.41, 5.74) is -0.228. The molecule has 2 fully saturated rings. The lowest BCUT2D eigenvalue weighted by Gasteiger charge is -2.29.